The van der Waals surface area contributed by atoms with Crippen molar-refractivity contribution in [3.63, 3.8) is 0 Å². The molecule has 0 aliphatic rings. The standard InChI is InChI=1S/C19H18FN3O4/c1-26-17-10-13(11-21)2-7-16(17)27-12-19(25)23(9-8-18(22)24)15-5-3-14(20)4-6-15/h2-7,10H,8-9,12H2,1H3,(H2,22,24). The Kier molecular flexibility index (Phi) is 6.72. The number of nitrogens with zero attached hydrogens (tertiary/aromatic N) is 2. The number of nitrogens with two attached hydrogens (primary N) is 1. The van der Waals surface area contributed by atoms with E-state index in [1.807, 2.05) is 6.07 Å². The fraction of sp³-hybridized carbons (Fsp3) is 0.211. The second kappa shape index (κ2) is 9.20. The number of ether oxygens (including phenoxy) is 2. The van der Waals surface area contributed by atoms with Crippen LogP contribution < -0.4 is 20.1 Å². The second-order valence-electron chi connectivity index (χ2n) is 5.50. The highest BCUT2D eigenvalue weighted by Gasteiger charge is 2.18. The van der Waals surface area contributed by atoms with Gasteiger partial charge in [0.1, 0.15) is 5.82 Å². The molecule has 2 rings (SSSR count). The zero-order valence-electron chi connectivity index (χ0n) is 14.6. The van der Waals surface area contributed by atoms with Crippen LogP contribution in [0.4, 0.5) is 10.1 Å². The molecule has 0 saturated heterocycles. The predicted molar refractivity (Wildman–Crippen MR) is 95.8 cm³/mol. The van der Waals surface area contributed by atoms with Gasteiger partial charge in [0.05, 0.1) is 18.7 Å². The first kappa shape index (κ1) is 19.7. The summed E-state index contributed by atoms with van der Waals surface area (Å²) >= 11 is 0. The lowest BCUT2D eigenvalue weighted by Crippen LogP contribution is -2.37. The van der Waals surface area contributed by atoms with Gasteiger partial charge in [0, 0.05) is 24.7 Å². The molecule has 0 aliphatic heterocycles. The normalized spacial score (nSPS) is 9.96. The fourth-order valence-electron chi connectivity index (χ4n) is 2.31. The van der Waals surface area contributed by atoms with E-state index in [0.29, 0.717) is 22.7 Å². The summed E-state index contributed by atoms with van der Waals surface area (Å²) in [7, 11) is 1.42. The van der Waals surface area contributed by atoms with E-state index in [1.54, 1.807) is 0 Å². The fourth-order valence-corrected chi connectivity index (χ4v) is 2.31. The van der Waals surface area contributed by atoms with Crippen LogP contribution >= 0.6 is 0 Å². The Morgan fingerprint density at radius 1 is 1.19 bits per heavy atom. The molecule has 0 atom stereocenters. The molecule has 0 bridgehead atoms. The number of halogens is 1. The molecule has 0 radical (unpaired) electrons. The van der Waals surface area contributed by atoms with E-state index in [1.165, 1.54) is 54.5 Å². The van der Waals surface area contributed by atoms with Crippen LogP contribution in [0.5, 0.6) is 11.5 Å². The number of primary amides is 1. The van der Waals surface area contributed by atoms with Crippen molar-refractivity contribution >= 4 is 17.5 Å². The molecule has 0 heterocycles. The molecule has 27 heavy (non-hydrogen) atoms. The topological polar surface area (TPSA) is 106 Å². The number of carbonyl (C=O) groups is 2. The molecule has 8 heteroatoms. The smallest absolute Gasteiger partial charge is 0.264 e. The molecule has 0 unspecified atom stereocenters. The summed E-state index contributed by atoms with van der Waals surface area (Å²) in [6.45, 7) is -0.313. The SMILES string of the molecule is COc1cc(C#N)ccc1OCC(=O)N(CCC(N)=O)c1ccc(F)cc1. The molecule has 7 nitrogen and oxygen atoms in total. The summed E-state index contributed by atoms with van der Waals surface area (Å²) in [5.41, 5.74) is 5.97. The van der Waals surface area contributed by atoms with Crippen LogP contribution in [-0.4, -0.2) is 32.1 Å². The molecular weight excluding hydrogens is 353 g/mol. The maximum absolute atomic E-state index is 13.1. The first-order valence-corrected chi connectivity index (χ1v) is 7.99. The van der Waals surface area contributed by atoms with Crippen molar-refractivity contribution in [2.24, 2.45) is 5.73 Å². The molecule has 0 fully saturated rings. The summed E-state index contributed by atoms with van der Waals surface area (Å²) < 4.78 is 23.8. The van der Waals surface area contributed by atoms with Gasteiger partial charge in [-0.1, -0.05) is 0 Å². The highest BCUT2D eigenvalue weighted by atomic mass is 19.1. The Morgan fingerprint density at radius 3 is 2.48 bits per heavy atom. The van der Waals surface area contributed by atoms with Crippen molar-refractivity contribution in [3.8, 4) is 17.6 Å². The number of carbonyl (C=O) groups excluding carboxylic acids is 2. The zero-order valence-corrected chi connectivity index (χ0v) is 14.6. The Labute approximate surface area is 155 Å². The van der Waals surface area contributed by atoms with E-state index >= 15 is 0 Å². The monoisotopic (exact) mass is 371 g/mol. The quantitative estimate of drug-likeness (QED) is 0.764. The van der Waals surface area contributed by atoms with E-state index in [-0.39, 0.29) is 19.6 Å². The lowest BCUT2D eigenvalue weighted by molar-refractivity contribution is -0.120. The molecule has 140 valence electrons. The van der Waals surface area contributed by atoms with Crippen LogP contribution in [0.2, 0.25) is 0 Å². The minimum atomic E-state index is -0.565. The van der Waals surface area contributed by atoms with E-state index in [9.17, 15) is 14.0 Å². The summed E-state index contributed by atoms with van der Waals surface area (Å²) in [5.74, 6) is -0.857. The molecule has 2 amide bonds. The lowest BCUT2D eigenvalue weighted by Gasteiger charge is -2.22. The Balaban J connectivity index is 2.14. The number of hydrogen-bond acceptors (Lipinski definition) is 5. The van der Waals surface area contributed by atoms with E-state index in [0.717, 1.165) is 0 Å². The van der Waals surface area contributed by atoms with Crippen LogP contribution in [0.1, 0.15) is 12.0 Å². The number of amides is 2. The third-order valence-corrected chi connectivity index (χ3v) is 3.67. The van der Waals surface area contributed by atoms with Crippen LogP contribution in [-0.2, 0) is 9.59 Å². The van der Waals surface area contributed by atoms with Gasteiger partial charge in [0.15, 0.2) is 18.1 Å². The van der Waals surface area contributed by atoms with Gasteiger partial charge in [0.25, 0.3) is 5.91 Å². The number of hydrogen-bond donors (Lipinski definition) is 1. The van der Waals surface area contributed by atoms with E-state index in [2.05, 4.69) is 0 Å². The maximum atomic E-state index is 13.1. The van der Waals surface area contributed by atoms with Gasteiger partial charge < -0.3 is 20.1 Å². The van der Waals surface area contributed by atoms with Crippen molar-refractivity contribution in [2.45, 2.75) is 6.42 Å². The van der Waals surface area contributed by atoms with Crippen molar-refractivity contribution in [1.82, 2.24) is 0 Å². The molecule has 0 aliphatic carbocycles. The summed E-state index contributed by atoms with van der Waals surface area (Å²) in [6, 6.07) is 11.8. The van der Waals surface area contributed by atoms with Gasteiger partial charge in [-0.25, -0.2) is 4.39 Å². The van der Waals surface area contributed by atoms with Crippen LogP contribution in [0.3, 0.4) is 0 Å². The van der Waals surface area contributed by atoms with Crippen molar-refractivity contribution in [3.05, 3.63) is 53.8 Å². The van der Waals surface area contributed by atoms with Gasteiger partial charge in [0.2, 0.25) is 5.91 Å². The predicted octanol–water partition coefficient (Wildman–Crippen LogP) is 1.99. The van der Waals surface area contributed by atoms with Gasteiger partial charge in [-0.05, 0) is 36.4 Å². The summed E-state index contributed by atoms with van der Waals surface area (Å²) in [5, 5.41) is 8.92. The van der Waals surface area contributed by atoms with Crippen molar-refractivity contribution in [1.29, 1.82) is 5.26 Å². The van der Waals surface area contributed by atoms with Crippen molar-refractivity contribution in [2.75, 3.05) is 25.2 Å². The molecule has 0 saturated carbocycles. The Bertz CT molecular complexity index is 862. The highest BCUT2D eigenvalue weighted by Crippen LogP contribution is 2.28. The number of rotatable bonds is 8. The molecule has 0 aromatic heterocycles. The minimum absolute atomic E-state index is 0.0354. The van der Waals surface area contributed by atoms with E-state index in [4.69, 9.17) is 20.5 Å². The molecule has 2 N–H and O–H groups in total. The van der Waals surface area contributed by atoms with Gasteiger partial charge in [-0.15, -0.1) is 0 Å². The number of methoxy groups -OCH3 is 1. The summed E-state index contributed by atoms with van der Waals surface area (Å²) in [6.07, 6.45) is -0.0523. The molecule has 2 aromatic rings. The first-order valence-electron chi connectivity index (χ1n) is 7.99. The number of anilines is 1. The van der Waals surface area contributed by atoms with Gasteiger partial charge in [-0.3, -0.25) is 9.59 Å². The molecule has 2 aromatic carbocycles. The highest BCUT2D eigenvalue weighted by molar-refractivity contribution is 5.95. The van der Waals surface area contributed by atoms with E-state index < -0.39 is 17.6 Å². The third kappa shape index (κ3) is 5.44. The van der Waals surface area contributed by atoms with Gasteiger partial charge >= 0.3 is 0 Å². The zero-order chi connectivity index (χ0) is 19.8. The minimum Gasteiger partial charge on any atom is -0.493 e. The largest absolute Gasteiger partial charge is 0.493 e. The third-order valence-electron chi connectivity index (χ3n) is 3.67. The first-order chi connectivity index (χ1) is 12.9. The number of nitriles is 1. The van der Waals surface area contributed by atoms with Crippen LogP contribution in [0.15, 0.2) is 42.5 Å². The number of benzene rings is 2. The average Bonchev–Trinajstić information content (AvgIpc) is 2.67. The molecule has 0 spiro atoms. The van der Waals surface area contributed by atoms with Gasteiger partial charge in [-0.2, -0.15) is 5.26 Å². The summed E-state index contributed by atoms with van der Waals surface area (Å²) in [4.78, 5) is 25.0. The second-order valence-corrected chi connectivity index (χ2v) is 5.50. The lowest BCUT2D eigenvalue weighted by atomic mass is 10.2. The van der Waals surface area contributed by atoms with Crippen LogP contribution in [0.25, 0.3) is 0 Å². The Morgan fingerprint density at radius 2 is 1.89 bits per heavy atom. The van der Waals surface area contributed by atoms with Crippen LogP contribution in [0, 0.1) is 17.1 Å². The maximum Gasteiger partial charge on any atom is 0.264 e. The molecular formula is C19H18FN3O4. The van der Waals surface area contributed by atoms with Crippen molar-refractivity contribution < 1.29 is 23.5 Å². The average molecular weight is 371 g/mol. The Hall–Kier alpha value is -3.60.